The first-order chi connectivity index (χ1) is 17.5. The number of benzene rings is 2. The van der Waals surface area contributed by atoms with Gasteiger partial charge in [0.2, 0.25) is 0 Å². The van der Waals surface area contributed by atoms with Gasteiger partial charge in [-0.15, -0.1) is 0 Å². The number of ether oxygens (including phenoxy) is 1. The van der Waals surface area contributed by atoms with Crippen LogP contribution in [-0.4, -0.2) is 39.3 Å². The van der Waals surface area contributed by atoms with Gasteiger partial charge in [0.25, 0.3) is 11.5 Å². The maximum absolute atomic E-state index is 13.4. The zero-order valence-electron chi connectivity index (χ0n) is 20.5. The number of aliphatic hydroxyl groups is 1. The minimum atomic E-state index is -1.22. The van der Waals surface area contributed by atoms with E-state index in [1.165, 1.54) is 24.3 Å². The van der Waals surface area contributed by atoms with E-state index in [0.717, 1.165) is 21.8 Å². The number of thiazole rings is 1. The Balaban J connectivity index is 1.98. The van der Waals surface area contributed by atoms with Crippen molar-refractivity contribution >= 4 is 45.6 Å². The topological polar surface area (TPSA) is 140 Å². The fraction of sp³-hybridized carbons (Fsp3) is 0.231. The number of Topliss-reactive ketones (excluding diaryl/α,β-unsaturated/α-hetero) is 1. The Hall–Kier alpha value is -4.38. The second-order valence-corrected chi connectivity index (χ2v) is 9.45. The van der Waals surface area contributed by atoms with E-state index >= 15 is 0 Å². The third-order valence-corrected chi connectivity index (χ3v) is 7.08. The SMILES string of the molecule is CCOC(=O)c1sc(N2C(=O)C(=O)/C(=C(/O)c3cc(C)ccc3C)C2c2cccc([N+](=O)[O-])c2)nc1C. The molecule has 2 aromatic carbocycles. The lowest BCUT2D eigenvalue weighted by molar-refractivity contribution is -0.384. The maximum atomic E-state index is 13.4. The number of aromatic nitrogens is 1. The van der Waals surface area contributed by atoms with Crippen LogP contribution < -0.4 is 4.90 Å². The van der Waals surface area contributed by atoms with Crippen molar-refractivity contribution in [3.8, 4) is 0 Å². The molecule has 2 heterocycles. The van der Waals surface area contributed by atoms with Crippen LogP contribution in [0.25, 0.3) is 5.76 Å². The van der Waals surface area contributed by atoms with Crippen molar-refractivity contribution < 1.29 is 29.2 Å². The zero-order chi connectivity index (χ0) is 27.0. The van der Waals surface area contributed by atoms with Gasteiger partial charge in [0, 0.05) is 17.7 Å². The molecule has 11 heteroatoms. The molecule has 10 nitrogen and oxygen atoms in total. The summed E-state index contributed by atoms with van der Waals surface area (Å²) in [6, 6.07) is 9.58. The molecule has 3 aromatic rings. The molecule has 1 atom stereocenters. The molecule has 0 bridgehead atoms. The van der Waals surface area contributed by atoms with Crippen LogP contribution in [0.15, 0.2) is 48.0 Å². The normalized spacial score (nSPS) is 16.8. The summed E-state index contributed by atoms with van der Waals surface area (Å²) in [5.74, 6) is -2.98. The zero-order valence-corrected chi connectivity index (χ0v) is 21.3. The summed E-state index contributed by atoms with van der Waals surface area (Å²) in [5, 5.41) is 22.9. The van der Waals surface area contributed by atoms with Crippen LogP contribution in [-0.2, 0) is 14.3 Å². The van der Waals surface area contributed by atoms with Crippen molar-refractivity contribution in [3.63, 3.8) is 0 Å². The number of non-ortho nitro benzene ring substituents is 1. The Morgan fingerprint density at radius 3 is 2.59 bits per heavy atom. The maximum Gasteiger partial charge on any atom is 0.350 e. The number of hydrogen-bond acceptors (Lipinski definition) is 9. The van der Waals surface area contributed by atoms with Gasteiger partial charge in [-0.25, -0.2) is 9.78 Å². The number of nitro groups is 1. The first kappa shape index (κ1) is 25.7. The van der Waals surface area contributed by atoms with Crippen molar-refractivity contribution in [3.05, 3.63) is 91.0 Å². The van der Waals surface area contributed by atoms with Crippen molar-refractivity contribution in [2.45, 2.75) is 33.7 Å². The predicted molar refractivity (Wildman–Crippen MR) is 137 cm³/mol. The number of anilines is 1. The molecular formula is C26H23N3O7S. The van der Waals surface area contributed by atoms with Crippen molar-refractivity contribution in [1.82, 2.24) is 4.98 Å². The largest absolute Gasteiger partial charge is 0.507 e. The lowest BCUT2D eigenvalue weighted by Crippen LogP contribution is -2.29. The second kappa shape index (κ2) is 9.94. The number of aryl methyl sites for hydroxylation is 3. The van der Waals surface area contributed by atoms with Gasteiger partial charge in [0.15, 0.2) is 5.13 Å². The summed E-state index contributed by atoms with van der Waals surface area (Å²) < 4.78 is 5.06. The molecule has 1 N–H and O–H groups in total. The highest BCUT2D eigenvalue weighted by Crippen LogP contribution is 2.44. The molecule has 0 radical (unpaired) electrons. The molecule has 1 saturated heterocycles. The van der Waals surface area contributed by atoms with Crippen LogP contribution in [0.4, 0.5) is 10.8 Å². The number of carbonyl (C=O) groups excluding carboxylic acids is 3. The van der Waals surface area contributed by atoms with Gasteiger partial charge in [0.1, 0.15) is 10.6 Å². The van der Waals surface area contributed by atoms with Crippen LogP contribution in [0.2, 0.25) is 0 Å². The molecule has 1 unspecified atom stereocenters. The van der Waals surface area contributed by atoms with Gasteiger partial charge in [0.05, 0.1) is 28.8 Å². The van der Waals surface area contributed by atoms with Crippen LogP contribution >= 0.6 is 11.3 Å². The number of aliphatic hydroxyl groups excluding tert-OH is 1. The van der Waals surface area contributed by atoms with Gasteiger partial charge in [-0.2, -0.15) is 0 Å². The molecule has 1 amide bonds. The summed E-state index contributed by atoms with van der Waals surface area (Å²) >= 11 is 0.864. The van der Waals surface area contributed by atoms with E-state index in [-0.39, 0.29) is 33.4 Å². The Morgan fingerprint density at radius 2 is 1.92 bits per heavy atom. The van der Waals surface area contributed by atoms with E-state index in [1.807, 2.05) is 13.0 Å². The van der Waals surface area contributed by atoms with Crippen LogP contribution in [0.5, 0.6) is 0 Å². The first-order valence-corrected chi connectivity index (χ1v) is 12.1. The van der Waals surface area contributed by atoms with Crippen LogP contribution in [0, 0.1) is 30.9 Å². The van der Waals surface area contributed by atoms with E-state index < -0.39 is 34.4 Å². The highest BCUT2D eigenvalue weighted by atomic mass is 32.1. The molecule has 0 spiro atoms. The van der Waals surface area contributed by atoms with E-state index in [0.29, 0.717) is 16.8 Å². The van der Waals surface area contributed by atoms with Gasteiger partial charge in [-0.1, -0.05) is 41.2 Å². The van der Waals surface area contributed by atoms with Gasteiger partial charge < -0.3 is 9.84 Å². The number of carbonyl (C=O) groups is 3. The summed E-state index contributed by atoms with van der Waals surface area (Å²) in [5.41, 5.74) is 1.89. The average Bonchev–Trinajstić information content (AvgIpc) is 3.37. The molecule has 37 heavy (non-hydrogen) atoms. The molecular weight excluding hydrogens is 498 g/mol. The van der Waals surface area contributed by atoms with Crippen molar-refractivity contribution in [2.75, 3.05) is 11.5 Å². The Morgan fingerprint density at radius 1 is 1.19 bits per heavy atom. The Kier molecular flexibility index (Phi) is 6.90. The molecule has 0 saturated carbocycles. The summed E-state index contributed by atoms with van der Waals surface area (Å²) in [6.45, 7) is 6.94. The minimum absolute atomic E-state index is 0.0270. The van der Waals surface area contributed by atoms with Crippen LogP contribution in [0.1, 0.15) is 50.6 Å². The Bertz CT molecular complexity index is 1490. The molecule has 0 aliphatic carbocycles. The predicted octanol–water partition coefficient (Wildman–Crippen LogP) is 4.78. The molecule has 190 valence electrons. The van der Waals surface area contributed by atoms with Gasteiger partial charge in [-0.05, 0) is 44.9 Å². The molecule has 1 aliphatic rings. The van der Waals surface area contributed by atoms with Crippen LogP contribution in [0.3, 0.4) is 0 Å². The highest BCUT2D eigenvalue weighted by Gasteiger charge is 2.49. The number of hydrogen-bond donors (Lipinski definition) is 1. The summed E-state index contributed by atoms with van der Waals surface area (Å²) in [4.78, 5) is 55.6. The number of nitrogens with zero attached hydrogens (tertiary/aromatic N) is 3. The molecule has 1 aromatic heterocycles. The molecule has 4 rings (SSSR count). The van der Waals surface area contributed by atoms with E-state index in [1.54, 1.807) is 32.9 Å². The highest BCUT2D eigenvalue weighted by molar-refractivity contribution is 7.17. The fourth-order valence-corrected chi connectivity index (χ4v) is 5.15. The summed E-state index contributed by atoms with van der Waals surface area (Å²) in [6.07, 6.45) is 0. The number of ketones is 1. The number of amides is 1. The van der Waals surface area contributed by atoms with Crippen molar-refractivity contribution in [2.24, 2.45) is 0 Å². The van der Waals surface area contributed by atoms with E-state index in [2.05, 4.69) is 4.98 Å². The number of esters is 1. The average molecular weight is 522 g/mol. The fourth-order valence-electron chi connectivity index (χ4n) is 4.16. The van der Waals surface area contributed by atoms with Crippen molar-refractivity contribution in [1.29, 1.82) is 0 Å². The van der Waals surface area contributed by atoms with Gasteiger partial charge >= 0.3 is 11.9 Å². The second-order valence-electron chi connectivity index (χ2n) is 8.47. The smallest absolute Gasteiger partial charge is 0.350 e. The molecule has 1 fully saturated rings. The Labute approximate surface area is 216 Å². The minimum Gasteiger partial charge on any atom is -0.507 e. The third-order valence-electron chi connectivity index (χ3n) is 5.94. The standard InChI is InChI=1S/C26H23N3O7S/c1-5-36-25(33)23-15(4)27-26(37-23)28-20(16-7-6-8-17(12-16)29(34)35)19(22(31)24(28)32)21(30)18-11-13(2)9-10-14(18)3/h6-12,20,30H,5H2,1-4H3/b21-19+. The summed E-state index contributed by atoms with van der Waals surface area (Å²) in [7, 11) is 0. The monoisotopic (exact) mass is 521 g/mol. The van der Waals surface area contributed by atoms with E-state index in [9.17, 15) is 29.6 Å². The lowest BCUT2D eigenvalue weighted by atomic mass is 9.93. The first-order valence-electron chi connectivity index (χ1n) is 11.3. The number of rotatable bonds is 6. The third kappa shape index (κ3) is 4.60. The van der Waals surface area contributed by atoms with E-state index in [4.69, 9.17) is 4.74 Å². The van der Waals surface area contributed by atoms with Gasteiger partial charge in [-0.3, -0.25) is 24.6 Å². The molecule has 1 aliphatic heterocycles. The number of nitro benzene ring substituents is 1. The quantitative estimate of drug-likeness (QED) is 0.122. The lowest BCUT2D eigenvalue weighted by Gasteiger charge is -2.23.